The Labute approximate surface area is 96.3 Å². The van der Waals surface area contributed by atoms with E-state index in [4.69, 9.17) is 26.7 Å². The fourth-order valence-corrected chi connectivity index (χ4v) is 1.40. The van der Waals surface area contributed by atoms with Gasteiger partial charge in [0, 0.05) is 5.02 Å². The van der Waals surface area contributed by atoms with Gasteiger partial charge in [0.15, 0.2) is 0 Å². The van der Waals surface area contributed by atoms with Crippen molar-refractivity contribution in [2.24, 2.45) is 5.84 Å². The van der Waals surface area contributed by atoms with E-state index in [0.717, 1.165) is 0 Å². The largest absolute Gasteiger partial charge is 0.496 e. The minimum Gasteiger partial charge on any atom is -0.496 e. The molecule has 0 aliphatic rings. The van der Waals surface area contributed by atoms with Crippen LogP contribution in [0, 0.1) is 0 Å². The maximum atomic E-state index is 5.84. The minimum atomic E-state index is 0.131. The molecule has 1 heterocycles. The second kappa shape index (κ2) is 4.38. The Bertz CT molecular complexity index is 500. The van der Waals surface area contributed by atoms with Gasteiger partial charge >= 0.3 is 6.01 Å². The maximum absolute atomic E-state index is 5.84. The van der Waals surface area contributed by atoms with Crippen molar-refractivity contribution in [3.63, 3.8) is 0 Å². The minimum absolute atomic E-state index is 0.131. The fourth-order valence-electron chi connectivity index (χ4n) is 1.24. The molecule has 3 N–H and O–H groups in total. The third kappa shape index (κ3) is 1.93. The molecule has 16 heavy (non-hydrogen) atoms. The first-order chi connectivity index (χ1) is 7.74. The van der Waals surface area contributed by atoms with Crippen LogP contribution in [0.5, 0.6) is 5.75 Å². The first-order valence-electron chi connectivity index (χ1n) is 4.39. The zero-order valence-electron chi connectivity index (χ0n) is 8.40. The molecule has 0 atom stereocenters. The zero-order chi connectivity index (χ0) is 11.5. The lowest BCUT2D eigenvalue weighted by molar-refractivity contribution is 0.413. The fraction of sp³-hybridized carbons (Fsp3) is 0.111. The van der Waals surface area contributed by atoms with Crippen molar-refractivity contribution in [2.75, 3.05) is 12.5 Å². The lowest BCUT2D eigenvalue weighted by Gasteiger charge is -2.04. The Morgan fingerprint density at radius 1 is 1.50 bits per heavy atom. The van der Waals surface area contributed by atoms with Crippen LogP contribution in [0.1, 0.15) is 0 Å². The summed E-state index contributed by atoms with van der Waals surface area (Å²) in [5.74, 6) is 6.08. The molecule has 0 radical (unpaired) electrons. The lowest BCUT2D eigenvalue weighted by atomic mass is 10.2. The highest BCUT2D eigenvalue weighted by Gasteiger charge is 2.12. The molecular weight excluding hydrogens is 232 g/mol. The van der Waals surface area contributed by atoms with Gasteiger partial charge in [-0.25, -0.2) is 5.84 Å². The number of rotatable bonds is 3. The van der Waals surface area contributed by atoms with Gasteiger partial charge in [-0.15, -0.1) is 0 Å². The van der Waals surface area contributed by atoms with Gasteiger partial charge in [-0.3, -0.25) is 5.43 Å². The third-order valence-corrected chi connectivity index (χ3v) is 2.19. The molecule has 0 spiro atoms. The summed E-state index contributed by atoms with van der Waals surface area (Å²) in [5.41, 5.74) is 2.94. The topological polar surface area (TPSA) is 86.2 Å². The van der Waals surface area contributed by atoms with Crippen LogP contribution < -0.4 is 16.0 Å². The molecule has 0 fully saturated rings. The van der Waals surface area contributed by atoms with Crippen LogP contribution in [-0.4, -0.2) is 17.3 Å². The predicted octanol–water partition coefficient (Wildman–Crippen LogP) is 1.68. The Morgan fingerprint density at radius 3 is 2.94 bits per heavy atom. The maximum Gasteiger partial charge on any atom is 0.335 e. The molecule has 84 valence electrons. The van der Waals surface area contributed by atoms with Gasteiger partial charge in [-0.2, -0.15) is 4.98 Å². The average Bonchev–Trinajstić information content (AvgIpc) is 2.77. The Hall–Kier alpha value is -1.79. The molecule has 2 aromatic rings. The average molecular weight is 241 g/mol. The number of hydrogen-bond acceptors (Lipinski definition) is 6. The second-order valence-corrected chi connectivity index (χ2v) is 3.35. The molecule has 1 aromatic carbocycles. The molecule has 0 aliphatic heterocycles. The Kier molecular flexibility index (Phi) is 2.93. The van der Waals surface area contributed by atoms with Crippen LogP contribution in [0.25, 0.3) is 11.4 Å². The van der Waals surface area contributed by atoms with Gasteiger partial charge in [-0.05, 0) is 18.2 Å². The first-order valence-corrected chi connectivity index (χ1v) is 4.76. The number of halogens is 1. The number of ether oxygens (including phenoxy) is 1. The molecule has 6 nitrogen and oxygen atoms in total. The number of methoxy groups -OCH3 is 1. The second-order valence-electron chi connectivity index (χ2n) is 2.91. The van der Waals surface area contributed by atoms with E-state index in [2.05, 4.69) is 15.6 Å². The van der Waals surface area contributed by atoms with Crippen LogP contribution in [0.3, 0.4) is 0 Å². The molecule has 0 saturated heterocycles. The quantitative estimate of drug-likeness (QED) is 0.627. The van der Waals surface area contributed by atoms with Crippen molar-refractivity contribution in [3.8, 4) is 17.1 Å². The number of hydrazine groups is 1. The van der Waals surface area contributed by atoms with Crippen LogP contribution in [0.15, 0.2) is 22.7 Å². The number of nitrogens with two attached hydrogens (primary N) is 1. The SMILES string of the molecule is COc1cc(Cl)ccc1-c1noc(NN)n1. The summed E-state index contributed by atoms with van der Waals surface area (Å²) in [4.78, 5) is 4.00. The number of nitrogens with one attached hydrogen (secondary N) is 1. The predicted molar refractivity (Wildman–Crippen MR) is 59.1 cm³/mol. The summed E-state index contributed by atoms with van der Waals surface area (Å²) in [5, 5.41) is 4.31. The van der Waals surface area contributed by atoms with Crippen LogP contribution in [0.4, 0.5) is 6.01 Å². The van der Waals surface area contributed by atoms with Crippen molar-refractivity contribution in [1.82, 2.24) is 10.1 Å². The number of hydrogen-bond donors (Lipinski definition) is 2. The van der Waals surface area contributed by atoms with Crippen LogP contribution in [0.2, 0.25) is 5.02 Å². The van der Waals surface area contributed by atoms with E-state index >= 15 is 0 Å². The summed E-state index contributed by atoms with van der Waals surface area (Å²) in [6.07, 6.45) is 0. The molecule has 7 heteroatoms. The number of anilines is 1. The summed E-state index contributed by atoms with van der Waals surface area (Å²) >= 11 is 5.84. The van der Waals surface area contributed by atoms with E-state index in [1.807, 2.05) is 0 Å². The van der Waals surface area contributed by atoms with E-state index < -0.39 is 0 Å². The highest BCUT2D eigenvalue weighted by atomic mass is 35.5. The van der Waals surface area contributed by atoms with E-state index in [9.17, 15) is 0 Å². The molecule has 0 amide bonds. The van der Waals surface area contributed by atoms with Crippen molar-refractivity contribution in [2.45, 2.75) is 0 Å². The van der Waals surface area contributed by atoms with Crippen LogP contribution >= 0.6 is 11.6 Å². The van der Waals surface area contributed by atoms with E-state index in [1.54, 1.807) is 18.2 Å². The summed E-state index contributed by atoms with van der Waals surface area (Å²) in [6, 6.07) is 5.26. The Morgan fingerprint density at radius 2 is 2.31 bits per heavy atom. The number of nitrogens with zero attached hydrogens (tertiary/aromatic N) is 2. The summed E-state index contributed by atoms with van der Waals surface area (Å²) in [6.45, 7) is 0. The summed E-state index contributed by atoms with van der Waals surface area (Å²) in [7, 11) is 1.54. The number of benzene rings is 1. The van der Waals surface area contributed by atoms with Gasteiger partial charge in [0.1, 0.15) is 5.75 Å². The number of nitrogen functional groups attached to an aromatic ring is 1. The smallest absolute Gasteiger partial charge is 0.335 e. The zero-order valence-corrected chi connectivity index (χ0v) is 9.15. The molecule has 0 bridgehead atoms. The van der Waals surface area contributed by atoms with Gasteiger partial charge in [-0.1, -0.05) is 16.8 Å². The molecule has 2 rings (SSSR count). The number of aromatic nitrogens is 2. The normalized spacial score (nSPS) is 10.2. The van der Waals surface area contributed by atoms with Crippen molar-refractivity contribution in [3.05, 3.63) is 23.2 Å². The van der Waals surface area contributed by atoms with Crippen molar-refractivity contribution < 1.29 is 9.26 Å². The van der Waals surface area contributed by atoms with E-state index in [0.29, 0.717) is 22.2 Å². The molecule has 0 saturated carbocycles. The van der Waals surface area contributed by atoms with Crippen LogP contribution in [-0.2, 0) is 0 Å². The van der Waals surface area contributed by atoms with Gasteiger partial charge in [0.25, 0.3) is 0 Å². The summed E-state index contributed by atoms with van der Waals surface area (Å²) < 4.78 is 9.98. The highest BCUT2D eigenvalue weighted by Crippen LogP contribution is 2.30. The molecule has 1 aromatic heterocycles. The van der Waals surface area contributed by atoms with E-state index in [1.165, 1.54) is 7.11 Å². The van der Waals surface area contributed by atoms with Gasteiger partial charge in [0.2, 0.25) is 5.82 Å². The molecule has 0 unspecified atom stereocenters. The monoisotopic (exact) mass is 240 g/mol. The van der Waals surface area contributed by atoms with Gasteiger partial charge < -0.3 is 9.26 Å². The van der Waals surface area contributed by atoms with E-state index in [-0.39, 0.29) is 6.01 Å². The van der Waals surface area contributed by atoms with Gasteiger partial charge in [0.05, 0.1) is 12.7 Å². The van der Waals surface area contributed by atoms with Crippen molar-refractivity contribution >= 4 is 17.6 Å². The Balaban J connectivity index is 2.46. The first kappa shape index (κ1) is 10.7. The molecule has 0 aliphatic carbocycles. The highest BCUT2D eigenvalue weighted by molar-refractivity contribution is 6.30. The molecular formula is C9H9ClN4O2. The standard InChI is InChI=1S/C9H9ClN4O2/c1-15-7-4-5(10)2-3-6(7)8-12-9(13-11)16-14-8/h2-4H,11H2,1H3,(H,12,13,14). The lowest BCUT2D eigenvalue weighted by Crippen LogP contribution is -2.06. The third-order valence-electron chi connectivity index (χ3n) is 1.95. The van der Waals surface area contributed by atoms with Crippen molar-refractivity contribution in [1.29, 1.82) is 0 Å².